The molecule has 0 aliphatic carbocycles. The van der Waals surface area contributed by atoms with Crippen LogP contribution in [0.15, 0.2) is 18.2 Å². The normalized spacial score (nSPS) is 12.8. The Morgan fingerprint density at radius 2 is 2.10 bits per heavy atom. The van der Waals surface area contributed by atoms with E-state index in [2.05, 4.69) is 5.32 Å². The van der Waals surface area contributed by atoms with Gasteiger partial charge < -0.3 is 15.8 Å². The SMILES string of the molecule is CCC(C)NC(=O)COc1ccc(N)cc1C(F)(F)F. The number of amides is 1. The van der Waals surface area contributed by atoms with Gasteiger partial charge in [0.1, 0.15) is 5.75 Å². The Morgan fingerprint density at radius 1 is 1.45 bits per heavy atom. The summed E-state index contributed by atoms with van der Waals surface area (Å²) < 4.78 is 43.3. The van der Waals surface area contributed by atoms with Crippen molar-refractivity contribution in [2.45, 2.75) is 32.5 Å². The molecule has 0 aromatic heterocycles. The first-order valence-electron chi connectivity index (χ1n) is 6.13. The van der Waals surface area contributed by atoms with Crippen molar-refractivity contribution in [1.29, 1.82) is 0 Å². The van der Waals surface area contributed by atoms with E-state index in [4.69, 9.17) is 10.5 Å². The zero-order valence-electron chi connectivity index (χ0n) is 11.3. The first kappa shape index (κ1) is 16.1. The van der Waals surface area contributed by atoms with E-state index < -0.39 is 30.0 Å². The Balaban J connectivity index is 2.76. The highest BCUT2D eigenvalue weighted by Gasteiger charge is 2.34. The van der Waals surface area contributed by atoms with Crippen molar-refractivity contribution in [3.8, 4) is 5.75 Å². The fourth-order valence-electron chi connectivity index (χ4n) is 1.46. The molecule has 1 aromatic carbocycles. The summed E-state index contributed by atoms with van der Waals surface area (Å²) in [7, 11) is 0. The van der Waals surface area contributed by atoms with E-state index in [1.54, 1.807) is 6.92 Å². The van der Waals surface area contributed by atoms with E-state index in [1.165, 1.54) is 6.07 Å². The summed E-state index contributed by atoms with van der Waals surface area (Å²) in [5.74, 6) is -0.879. The number of rotatable bonds is 5. The molecule has 0 saturated heterocycles. The van der Waals surface area contributed by atoms with Gasteiger partial charge in [-0.25, -0.2) is 0 Å². The van der Waals surface area contributed by atoms with Gasteiger partial charge in [0, 0.05) is 11.7 Å². The summed E-state index contributed by atoms with van der Waals surface area (Å²) in [6.45, 7) is 3.20. The average Bonchev–Trinajstić information content (AvgIpc) is 2.36. The molecule has 0 heterocycles. The molecule has 7 heteroatoms. The minimum absolute atomic E-state index is 0.0197. The molecule has 0 fully saturated rings. The molecular weight excluding hydrogens is 273 g/mol. The second-order valence-electron chi connectivity index (χ2n) is 4.42. The number of nitrogens with two attached hydrogens (primary N) is 1. The molecule has 1 unspecified atom stereocenters. The molecule has 20 heavy (non-hydrogen) atoms. The Morgan fingerprint density at radius 3 is 2.65 bits per heavy atom. The van der Waals surface area contributed by atoms with Gasteiger partial charge in [0.15, 0.2) is 6.61 Å². The highest BCUT2D eigenvalue weighted by atomic mass is 19.4. The molecule has 4 nitrogen and oxygen atoms in total. The topological polar surface area (TPSA) is 64.3 Å². The van der Waals surface area contributed by atoms with Crippen molar-refractivity contribution in [1.82, 2.24) is 5.32 Å². The maximum atomic E-state index is 12.8. The minimum Gasteiger partial charge on any atom is -0.483 e. The van der Waals surface area contributed by atoms with Crippen LogP contribution in [0.1, 0.15) is 25.8 Å². The average molecular weight is 290 g/mol. The molecule has 0 saturated carbocycles. The molecule has 1 aromatic rings. The number of carbonyl (C=O) groups excluding carboxylic acids is 1. The van der Waals surface area contributed by atoms with Crippen LogP contribution in [0.25, 0.3) is 0 Å². The molecule has 1 rings (SSSR count). The first-order valence-corrected chi connectivity index (χ1v) is 6.13. The minimum atomic E-state index is -4.59. The maximum Gasteiger partial charge on any atom is 0.420 e. The van der Waals surface area contributed by atoms with Crippen LogP contribution in [0, 0.1) is 0 Å². The quantitative estimate of drug-likeness (QED) is 0.819. The smallest absolute Gasteiger partial charge is 0.420 e. The van der Waals surface area contributed by atoms with E-state index in [9.17, 15) is 18.0 Å². The second kappa shape index (κ2) is 6.49. The zero-order valence-corrected chi connectivity index (χ0v) is 11.3. The van der Waals surface area contributed by atoms with Crippen molar-refractivity contribution in [2.75, 3.05) is 12.3 Å². The molecule has 0 bridgehead atoms. The number of hydrogen-bond donors (Lipinski definition) is 2. The lowest BCUT2D eigenvalue weighted by Gasteiger charge is -2.15. The fraction of sp³-hybridized carbons (Fsp3) is 0.462. The van der Waals surface area contributed by atoms with Gasteiger partial charge >= 0.3 is 6.18 Å². The monoisotopic (exact) mass is 290 g/mol. The largest absolute Gasteiger partial charge is 0.483 e. The highest BCUT2D eigenvalue weighted by molar-refractivity contribution is 5.77. The van der Waals surface area contributed by atoms with Crippen molar-refractivity contribution >= 4 is 11.6 Å². The predicted molar refractivity (Wildman–Crippen MR) is 69.2 cm³/mol. The van der Waals surface area contributed by atoms with Crippen molar-refractivity contribution in [3.05, 3.63) is 23.8 Å². The van der Waals surface area contributed by atoms with Crippen LogP contribution >= 0.6 is 0 Å². The van der Waals surface area contributed by atoms with E-state index >= 15 is 0 Å². The zero-order chi connectivity index (χ0) is 15.3. The maximum absolute atomic E-state index is 12.8. The lowest BCUT2D eigenvalue weighted by Crippen LogP contribution is -2.35. The van der Waals surface area contributed by atoms with E-state index in [-0.39, 0.29) is 11.7 Å². The number of carbonyl (C=O) groups is 1. The number of nitrogens with one attached hydrogen (secondary N) is 1. The Bertz CT molecular complexity index is 475. The standard InChI is InChI=1S/C13H17F3N2O2/c1-3-8(2)18-12(19)7-20-11-5-4-9(17)6-10(11)13(14,15)16/h4-6,8H,3,7,17H2,1-2H3,(H,18,19). The summed E-state index contributed by atoms with van der Waals surface area (Å²) in [5.41, 5.74) is 4.32. The van der Waals surface area contributed by atoms with Crippen molar-refractivity contribution in [2.24, 2.45) is 0 Å². The summed E-state index contributed by atoms with van der Waals surface area (Å²) in [4.78, 5) is 11.5. The second-order valence-corrected chi connectivity index (χ2v) is 4.42. The number of ether oxygens (including phenoxy) is 1. The summed E-state index contributed by atoms with van der Waals surface area (Å²) in [6.07, 6.45) is -3.86. The van der Waals surface area contributed by atoms with E-state index in [1.807, 2.05) is 6.92 Å². The van der Waals surface area contributed by atoms with Crippen LogP contribution < -0.4 is 15.8 Å². The van der Waals surface area contributed by atoms with Crippen LogP contribution in [0.5, 0.6) is 5.75 Å². The van der Waals surface area contributed by atoms with Gasteiger partial charge in [0.25, 0.3) is 5.91 Å². The molecule has 0 spiro atoms. The van der Waals surface area contributed by atoms with Gasteiger partial charge in [-0.3, -0.25) is 4.79 Å². The van der Waals surface area contributed by atoms with E-state index in [0.717, 1.165) is 18.6 Å². The van der Waals surface area contributed by atoms with Gasteiger partial charge in [-0.15, -0.1) is 0 Å². The van der Waals surface area contributed by atoms with Gasteiger partial charge in [0.2, 0.25) is 0 Å². The van der Waals surface area contributed by atoms with Crippen LogP contribution in [-0.2, 0) is 11.0 Å². The van der Waals surface area contributed by atoms with E-state index in [0.29, 0.717) is 0 Å². The Hall–Kier alpha value is -1.92. The molecule has 0 aliphatic rings. The summed E-state index contributed by atoms with van der Waals surface area (Å²) in [6, 6.07) is 3.12. The van der Waals surface area contributed by atoms with Crippen LogP contribution in [0.4, 0.5) is 18.9 Å². The number of benzene rings is 1. The highest BCUT2D eigenvalue weighted by Crippen LogP contribution is 2.37. The number of alkyl halides is 3. The molecule has 3 N–H and O–H groups in total. The molecule has 1 atom stereocenters. The summed E-state index contributed by atoms with van der Waals surface area (Å²) in [5, 5.41) is 2.60. The third-order valence-corrected chi connectivity index (χ3v) is 2.69. The lowest BCUT2D eigenvalue weighted by molar-refractivity contribution is -0.139. The lowest BCUT2D eigenvalue weighted by atomic mass is 10.1. The van der Waals surface area contributed by atoms with Crippen LogP contribution in [0.2, 0.25) is 0 Å². The Labute approximate surface area is 115 Å². The molecule has 1 amide bonds. The third-order valence-electron chi connectivity index (χ3n) is 2.69. The van der Waals surface area contributed by atoms with Gasteiger partial charge in [-0.2, -0.15) is 13.2 Å². The molecule has 0 aliphatic heterocycles. The third kappa shape index (κ3) is 4.64. The molecule has 0 radical (unpaired) electrons. The number of hydrogen-bond acceptors (Lipinski definition) is 3. The van der Waals surface area contributed by atoms with Gasteiger partial charge in [-0.1, -0.05) is 6.92 Å². The van der Waals surface area contributed by atoms with Crippen molar-refractivity contribution < 1.29 is 22.7 Å². The van der Waals surface area contributed by atoms with Crippen LogP contribution in [-0.4, -0.2) is 18.6 Å². The fourth-order valence-corrected chi connectivity index (χ4v) is 1.46. The van der Waals surface area contributed by atoms with Crippen LogP contribution in [0.3, 0.4) is 0 Å². The number of anilines is 1. The molecule has 112 valence electrons. The Kier molecular flexibility index (Phi) is 5.24. The van der Waals surface area contributed by atoms with Crippen molar-refractivity contribution in [3.63, 3.8) is 0 Å². The predicted octanol–water partition coefficient (Wildman–Crippen LogP) is 2.58. The number of nitrogen functional groups attached to an aromatic ring is 1. The van der Waals surface area contributed by atoms with Gasteiger partial charge in [-0.05, 0) is 31.5 Å². The van der Waals surface area contributed by atoms with Gasteiger partial charge in [0.05, 0.1) is 5.56 Å². The summed E-state index contributed by atoms with van der Waals surface area (Å²) >= 11 is 0. The molecular formula is C13H17F3N2O2. The number of halogens is 3. The first-order chi connectivity index (χ1) is 9.24.